The van der Waals surface area contributed by atoms with Crippen molar-refractivity contribution in [3.05, 3.63) is 56.3 Å². The van der Waals surface area contributed by atoms with Crippen LogP contribution in [0.3, 0.4) is 0 Å². The first-order valence-electron chi connectivity index (χ1n) is 12.3. The van der Waals surface area contributed by atoms with Gasteiger partial charge in [-0.2, -0.15) is 0 Å². The second-order valence-corrected chi connectivity index (χ2v) is 12.8. The summed E-state index contributed by atoms with van der Waals surface area (Å²) in [5.74, 6) is -2.54. The summed E-state index contributed by atoms with van der Waals surface area (Å²) >= 11 is 4.48. The zero-order valence-corrected chi connectivity index (χ0v) is 25.4. The highest BCUT2D eigenvalue weighted by Crippen LogP contribution is 2.46. The van der Waals surface area contributed by atoms with Crippen LogP contribution in [0.15, 0.2) is 35.4 Å². The molecular formula is C28H24N4O6S3. The molecule has 0 bridgehead atoms. The van der Waals surface area contributed by atoms with Gasteiger partial charge in [-0.25, -0.2) is 9.59 Å². The van der Waals surface area contributed by atoms with Crippen molar-refractivity contribution < 1.29 is 28.8 Å². The number of carbonyl (C=O) groups excluding carboxylic acids is 6. The third kappa shape index (κ3) is 4.65. The van der Waals surface area contributed by atoms with Crippen LogP contribution in [0.25, 0.3) is 31.7 Å². The van der Waals surface area contributed by atoms with Crippen LogP contribution in [-0.4, -0.2) is 83.5 Å². The molecule has 41 heavy (non-hydrogen) atoms. The van der Waals surface area contributed by atoms with Crippen molar-refractivity contribution in [2.24, 2.45) is 0 Å². The Bertz CT molecular complexity index is 1580. The van der Waals surface area contributed by atoms with Crippen LogP contribution in [0.1, 0.15) is 20.9 Å². The van der Waals surface area contributed by atoms with E-state index >= 15 is 0 Å². The molecule has 0 spiro atoms. The summed E-state index contributed by atoms with van der Waals surface area (Å²) in [6.45, 7) is 4.07. The molecule has 3 aromatic heterocycles. The monoisotopic (exact) mass is 608 g/mol. The topological polar surface area (TPSA) is 115 Å². The molecule has 8 amide bonds. The van der Waals surface area contributed by atoms with Crippen molar-refractivity contribution >= 4 is 81.9 Å². The molecular weight excluding hydrogens is 585 g/mol. The minimum atomic E-state index is -0.666. The van der Waals surface area contributed by atoms with Gasteiger partial charge in [0.15, 0.2) is 0 Å². The Kier molecular flexibility index (Phi) is 7.14. The molecule has 0 unspecified atom stereocenters. The molecule has 2 aliphatic heterocycles. The standard InChI is InChI=1S/C28H24N4O6S3/c1-13-14(2)22(20-10-8-16(40-20)12-18-25(35)31(5)28(38)32(6)26(18)36)41-21(13)19-9-7-15(39-19)11-17-23(33)29(3)27(37)30(4)24(17)34/h7-12H,1-6H3. The number of hydrogen-bond donors (Lipinski definition) is 0. The Labute approximate surface area is 247 Å². The van der Waals surface area contributed by atoms with Gasteiger partial charge in [-0.1, -0.05) is 0 Å². The highest BCUT2D eigenvalue weighted by Gasteiger charge is 2.39. The smallest absolute Gasteiger partial charge is 0.268 e. The average molecular weight is 609 g/mol. The molecule has 3 aromatic rings. The van der Waals surface area contributed by atoms with Crippen LogP contribution in [-0.2, 0) is 19.2 Å². The molecule has 2 fully saturated rings. The average Bonchev–Trinajstić information content (AvgIpc) is 3.69. The summed E-state index contributed by atoms with van der Waals surface area (Å²) in [5, 5.41) is 0. The maximum atomic E-state index is 12.6. The lowest BCUT2D eigenvalue weighted by Gasteiger charge is -2.28. The maximum Gasteiger partial charge on any atom is 0.333 e. The molecule has 0 N–H and O–H groups in total. The van der Waals surface area contributed by atoms with Crippen molar-refractivity contribution in [1.29, 1.82) is 0 Å². The molecule has 0 aliphatic carbocycles. The number of imide groups is 4. The predicted molar refractivity (Wildman–Crippen MR) is 158 cm³/mol. The van der Waals surface area contributed by atoms with Crippen LogP contribution >= 0.6 is 34.0 Å². The molecule has 10 nitrogen and oxygen atoms in total. The zero-order chi connectivity index (χ0) is 29.9. The largest absolute Gasteiger partial charge is 0.333 e. The number of amides is 8. The second kappa shape index (κ2) is 10.3. The fraction of sp³-hybridized carbons (Fsp3) is 0.214. The van der Waals surface area contributed by atoms with E-state index in [-0.39, 0.29) is 11.1 Å². The van der Waals surface area contributed by atoms with Crippen molar-refractivity contribution in [2.45, 2.75) is 13.8 Å². The summed E-state index contributed by atoms with van der Waals surface area (Å²) in [6, 6.07) is 6.22. The predicted octanol–water partition coefficient (Wildman–Crippen LogP) is 4.69. The third-order valence-electron chi connectivity index (χ3n) is 7.01. The van der Waals surface area contributed by atoms with E-state index in [1.54, 1.807) is 11.3 Å². The lowest BCUT2D eigenvalue weighted by atomic mass is 10.1. The molecule has 2 saturated heterocycles. The lowest BCUT2D eigenvalue weighted by molar-refractivity contribution is -0.135. The number of rotatable bonds is 4. The fourth-order valence-corrected chi connectivity index (χ4v) is 7.96. The Morgan fingerprint density at radius 1 is 0.512 bits per heavy atom. The minimum absolute atomic E-state index is 0.0697. The van der Waals surface area contributed by atoms with E-state index in [1.165, 1.54) is 63.0 Å². The second-order valence-electron chi connectivity index (χ2n) is 9.55. The van der Waals surface area contributed by atoms with E-state index in [0.29, 0.717) is 9.75 Å². The Hall–Kier alpha value is -4.20. The lowest BCUT2D eigenvalue weighted by Crippen LogP contribution is -2.52. The van der Waals surface area contributed by atoms with Gasteiger partial charge in [-0.3, -0.25) is 38.8 Å². The zero-order valence-electron chi connectivity index (χ0n) is 22.9. The highest BCUT2D eigenvalue weighted by molar-refractivity contribution is 7.27. The third-order valence-corrected chi connectivity index (χ3v) is 10.8. The first-order valence-corrected chi connectivity index (χ1v) is 14.7. The van der Waals surface area contributed by atoms with Crippen molar-refractivity contribution in [3.8, 4) is 19.5 Å². The van der Waals surface area contributed by atoms with Crippen LogP contribution in [0.5, 0.6) is 0 Å². The molecule has 13 heteroatoms. The quantitative estimate of drug-likeness (QED) is 0.314. The summed E-state index contributed by atoms with van der Waals surface area (Å²) in [4.78, 5) is 83.5. The van der Waals surface area contributed by atoms with E-state index in [0.717, 1.165) is 50.2 Å². The number of carbonyl (C=O) groups is 6. The Morgan fingerprint density at radius 3 is 1.15 bits per heavy atom. The molecule has 0 aromatic carbocycles. The van der Waals surface area contributed by atoms with Gasteiger partial charge in [-0.05, 0) is 61.4 Å². The SMILES string of the molecule is Cc1c(-c2ccc(C=C3C(=O)N(C)C(=O)N(C)C3=O)s2)sc(-c2ccc(C=C3C(=O)N(C)C(=O)N(C)C3=O)s2)c1C. The number of nitrogens with zero attached hydrogens (tertiary/aromatic N) is 4. The fourth-order valence-electron chi connectivity index (χ4n) is 4.41. The van der Waals surface area contributed by atoms with E-state index < -0.39 is 35.7 Å². The number of urea groups is 2. The van der Waals surface area contributed by atoms with Gasteiger partial charge in [0.2, 0.25) is 0 Å². The van der Waals surface area contributed by atoms with E-state index in [9.17, 15) is 28.8 Å². The van der Waals surface area contributed by atoms with Crippen molar-refractivity contribution in [3.63, 3.8) is 0 Å². The van der Waals surface area contributed by atoms with Gasteiger partial charge in [0.25, 0.3) is 23.6 Å². The van der Waals surface area contributed by atoms with Crippen LogP contribution in [0, 0.1) is 13.8 Å². The highest BCUT2D eigenvalue weighted by atomic mass is 32.1. The Morgan fingerprint density at radius 2 is 0.829 bits per heavy atom. The number of likely N-dealkylation sites (N-methyl/N-ethyl adjacent to an activating group) is 4. The molecule has 5 heterocycles. The summed E-state index contributed by atoms with van der Waals surface area (Å²) in [5.41, 5.74) is 2.04. The molecule has 0 radical (unpaired) electrons. The number of barbiturate groups is 2. The van der Waals surface area contributed by atoms with Gasteiger partial charge < -0.3 is 0 Å². The van der Waals surface area contributed by atoms with Gasteiger partial charge >= 0.3 is 12.1 Å². The summed E-state index contributed by atoms with van der Waals surface area (Å²) < 4.78 is 0. The minimum Gasteiger partial charge on any atom is -0.268 e. The molecule has 0 atom stereocenters. The van der Waals surface area contributed by atoms with E-state index in [2.05, 4.69) is 0 Å². The first kappa shape index (κ1) is 28.3. The van der Waals surface area contributed by atoms with Gasteiger partial charge in [0.05, 0.1) is 0 Å². The first-order chi connectivity index (χ1) is 19.3. The van der Waals surface area contributed by atoms with Gasteiger partial charge in [-0.15, -0.1) is 34.0 Å². The molecule has 2 aliphatic rings. The molecule has 0 saturated carbocycles. The van der Waals surface area contributed by atoms with Gasteiger partial charge in [0.1, 0.15) is 11.1 Å². The molecule has 210 valence electrons. The van der Waals surface area contributed by atoms with Gasteiger partial charge in [0, 0.05) is 57.5 Å². The van der Waals surface area contributed by atoms with Crippen LogP contribution < -0.4 is 0 Å². The maximum absolute atomic E-state index is 12.6. The van der Waals surface area contributed by atoms with Crippen molar-refractivity contribution in [2.75, 3.05) is 28.2 Å². The number of thiophene rings is 3. The van der Waals surface area contributed by atoms with E-state index in [1.807, 2.05) is 38.1 Å². The summed E-state index contributed by atoms with van der Waals surface area (Å²) in [7, 11) is 5.37. The summed E-state index contributed by atoms with van der Waals surface area (Å²) in [6.07, 6.45) is 3.04. The normalized spacial score (nSPS) is 16.5. The van der Waals surface area contributed by atoms with Crippen LogP contribution in [0.4, 0.5) is 9.59 Å². The Balaban J connectivity index is 1.44. The number of hydrogen-bond acceptors (Lipinski definition) is 9. The molecule has 5 rings (SSSR count). The van der Waals surface area contributed by atoms with Crippen molar-refractivity contribution in [1.82, 2.24) is 19.6 Å². The van der Waals surface area contributed by atoms with Crippen LogP contribution in [0.2, 0.25) is 0 Å². The van der Waals surface area contributed by atoms with E-state index in [4.69, 9.17) is 0 Å².